The summed E-state index contributed by atoms with van der Waals surface area (Å²) in [6, 6.07) is 0. The second-order valence-corrected chi connectivity index (χ2v) is 1.81. The Kier molecular flexibility index (Phi) is 1.38. The molecule has 46 valence electrons. The van der Waals surface area contributed by atoms with Gasteiger partial charge in [0, 0.05) is 0 Å². The molecular formula is C5H6BNO2. The molecule has 1 saturated heterocycles. The van der Waals surface area contributed by atoms with E-state index in [4.69, 9.17) is 0 Å². The van der Waals surface area contributed by atoms with Crippen LogP contribution in [0.3, 0.4) is 0 Å². The molecule has 0 aliphatic carbocycles. The molecule has 0 radical (unpaired) electrons. The molecule has 1 rings (SSSR count). The molecular weight excluding hydrogens is 117 g/mol. The van der Waals surface area contributed by atoms with Crippen LogP contribution < -0.4 is 5.32 Å². The van der Waals surface area contributed by atoms with E-state index in [1.807, 2.05) is 0 Å². The van der Waals surface area contributed by atoms with Gasteiger partial charge in [0.25, 0.3) is 5.91 Å². The van der Waals surface area contributed by atoms with Crippen molar-refractivity contribution in [3.63, 3.8) is 0 Å². The maximum Gasteiger partial charge on any atom is 0.254 e. The fourth-order valence-electron chi connectivity index (χ4n) is 0.770. The van der Waals surface area contributed by atoms with Gasteiger partial charge in [0.05, 0.1) is 12.1 Å². The summed E-state index contributed by atoms with van der Waals surface area (Å²) >= 11 is 0. The fraction of sp³-hybridized carbons (Fsp3) is 0.200. The number of ketones is 1. The molecule has 1 fully saturated rings. The van der Waals surface area contributed by atoms with Gasteiger partial charge in [-0.25, -0.2) is 0 Å². The third-order valence-electron chi connectivity index (χ3n) is 1.24. The van der Waals surface area contributed by atoms with Gasteiger partial charge >= 0.3 is 0 Å². The van der Waals surface area contributed by atoms with E-state index >= 15 is 0 Å². The lowest BCUT2D eigenvalue weighted by molar-refractivity contribution is -0.117. The van der Waals surface area contributed by atoms with Crippen molar-refractivity contribution < 1.29 is 9.59 Å². The summed E-state index contributed by atoms with van der Waals surface area (Å²) in [5.41, 5.74) is 0.287. The molecule has 0 unspecified atom stereocenters. The van der Waals surface area contributed by atoms with E-state index in [9.17, 15) is 9.59 Å². The molecule has 1 aliphatic heterocycles. The average molecular weight is 123 g/mol. The van der Waals surface area contributed by atoms with Gasteiger partial charge < -0.3 is 5.32 Å². The Balaban J connectivity index is 2.91. The summed E-state index contributed by atoms with van der Waals surface area (Å²) in [6.07, 6.45) is 0. The van der Waals surface area contributed by atoms with E-state index in [0.29, 0.717) is 0 Å². The predicted molar refractivity (Wildman–Crippen MR) is 34.6 cm³/mol. The Morgan fingerprint density at radius 2 is 2.22 bits per heavy atom. The van der Waals surface area contributed by atoms with Crippen molar-refractivity contribution >= 4 is 19.5 Å². The third-order valence-corrected chi connectivity index (χ3v) is 1.24. The van der Waals surface area contributed by atoms with E-state index in [0.717, 1.165) is 0 Å². The van der Waals surface area contributed by atoms with Crippen molar-refractivity contribution in [3.05, 3.63) is 11.5 Å². The molecule has 4 heteroatoms. The number of carbonyl (C=O) groups is 2. The molecule has 0 bridgehead atoms. The first-order valence-corrected chi connectivity index (χ1v) is 2.73. The van der Waals surface area contributed by atoms with Gasteiger partial charge in [0.2, 0.25) is 0 Å². The van der Waals surface area contributed by atoms with E-state index in [2.05, 4.69) is 5.32 Å². The van der Waals surface area contributed by atoms with Gasteiger partial charge in [-0.05, 0) is 0 Å². The number of amides is 1. The molecule has 0 aromatic heterocycles. The zero-order valence-corrected chi connectivity index (χ0v) is 5.10. The van der Waals surface area contributed by atoms with Gasteiger partial charge in [-0.15, -0.1) is 5.98 Å². The monoisotopic (exact) mass is 123 g/mol. The number of nitrogens with one attached hydrogen (secondary N) is 1. The molecule has 1 heterocycles. The van der Waals surface area contributed by atoms with Crippen LogP contribution in [0.1, 0.15) is 0 Å². The van der Waals surface area contributed by atoms with Crippen molar-refractivity contribution in [2.75, 3.05) is 6.54 Å². The quantitative estimate of drug-likeness (QED) is 0.234. The van der Waals surface area contributed by atoms with Gasteiger partial charge in [-0.2, -0.15) is 0 Å². The summed E-state index contributed by atoms with van der Waals surface area (Å²) in [5, 5.41) is 2.41. The molecule has 0 saturated carbocycles. The Bertz CT molecular complexity index is 179. The smallest absolute Gasteiger partial charge is 0.254 e. The lowest BCUT2D eigenvalue weighted by Crippen LogP contribution is -2.14. The van der Waals surface area contributed by atoms with E-state index in [-0.39, 0.29) is 23.8 Å². The molecule has 0 spiro atoms. The predicted octanol–water partition coefficient (Wildman–Crippen LogP) is -1.80. The molecule has 0 atom stereocenters. The lowest BCUT2D eigenvalue weighted by atomic mass is 10.0. The minimum Gasteiger partial charge on any atom is -0.344 e. The summed E-state index contributed by atoms with van der Waals surface area (Å²) < 4.78 is 0. The number of Topliss-reactive ketones (excluding diaryl/α,β-unsaturated/α-hetero) is 1. The van der Waals surface area contributed by atoms with Gasteiger partial charge in [0.15, 0.2) is 5.78 Å². The number of hydrogen-bond donors (Lipinski definition) is 1. The highest BCUT2D eigenvalue weighted by Gasteiger charge is 2.23. The van der Waals surface area contributed by atoms with Gasteiger partial charge in [-0.3, -0.25) is 9.59 Å². The average Bonchev–Trinajstić information content (AvgIpc) is 2.12. The first-order valence-electron chi connectivity index (χ1n) is 2.73. The van der Waals surface area contributed by atoms with Crippen molar-refractivity contribution in [2.45, 2.75) is 0 Å². The van der Waals surface area contributed by atoms with Gasteiger partial charge in [-0.1, -0.05) is 0 Å². The molecule has 0 aromatic rings. The van der Waals surface area contributed by atoms with E-state index in [1.165, 1.54) is 5.98 Å². The highest BCUT2D eigenvalue weighted by Crippen LogP contribution is 2.00. The fourth-order valence-corrected chi connectivity index (χ4v) is 0.770. The largest absolute Gasteiger partial charge is 0.344 e. The van der Waals surface area contributed by atoms with Crippen LogP contribution >= 0.6 is 0 Å². The minimum absolute atomic E-state index is 0.109. The number of carbonyl (C=O) groups excluding carboxylic acids is 2. The molecule has 1 amide bonds. The van der Waals surface area contributed by atoms with Crippen LogP contribution in [-0.4, -0.2) is 26.1 Å². The lowest BCUT2D eigenvalue weighted by Gasteiger charge is -1.84. The molecule has 1 N–H and O–H groups in total. The summed E-state index contributed by atoms with van der Waals surface area (Å²) in [7, 11) is 1.68. The molecule has 1 aliphatic rings. The first-order chi connectivity index (χ1) is 4.25. The second kappa shape index (κ2) is 2.05. The van der Waals surface area contributed by atoms with Crippen molar-refractivity contribution in [1.29, 1.82) is 0 Å². The maximum atomic E-state index is 10.7. The molecule has 3 nitrogen and oxygen atoms in total. The highest BCUT2D eigenvalue weighted by atomic mass is 16.2. The van der Waals surface area contributed by atoms with Crippen molar-refractivity contribution in [3.8, 4) is 0 Å². The van der Waals surface area contributed by atoms with E-state index in [1.54, 1.807) is 7.85 Å². The van der Waals surface area contributed by atoms with Crippen LogP contribution in [0.4, 0.5) is 0 Å². The van der Waals surface area contributed by atoms with Crippen LogP contribution in [0.5, 0.6) is 0 Å². The number of rotatable bonds is 0. The highest BCUT2D eigenvalue weighted by molar-refractivity contribution is 6.31. The van der Waals surface area contributed by atoms with Crippen LogP contribution in [0.25, 0.3) is 0 Å². The van der Waals surface area contributed by atoms with Crippen molar-refractivity contribution in [2.24, 2.45) is 0 Å². The maximum absolute atomic E-state index is 10.7. The van der Waals surface area contributed by atoms with Crippen LogP contribution in [0.15, 0.2) is 11.5 Å². The van der Waals surface area contributed by atoms with Crippen LogP contribution in [-0.2, 0) is 9.59 Å². The zero-order chi connectivity index (χ0) is 6.85. The topological polar surface area (TPSA) is 46.2 Å². The number of hydrogen-bond acceptors (Lipinski definition) is 2. The molecule has 9 heavy (non-hydrogen) atoms. The normalized spacial score (nSPS) is 22.9. The summed E-state index contributed by atoms with van der Waals surface area (Å²) in [5.74, 6) is 1.18. The second-order valence-electron chi connectivity index (χ2n) is 1.81. The van der Waals surface area contributed by atoms with Crippen molar-refractivity contribution in [1.82, 2.24) is 5.32 Å². The van der Waals surface area contributed by atoms with Crippen LogP contribution in [0.2, 0.25) is 0 Å². The third kappa shape index (κ3) is 0.873. The van der Waals surface area contributed by atoms with Gasteiger partial charge in [0.1, 0.15) is 7.85 Å². The summed E-state index contributed by atoms with van der Waals surface area (Å²) in [6.45, 7) is 0.165. The SMILES string of the molecule is B/C=C1/C(=O)CNC1=O. The molecule has 0 aromatic carbocycles. The Hall–Kier alpha value is -1.06. The Morgan fingerprint density at radius 1 is 1.56 bits per heavy atom. The minimum atomic E-state index is -0.248. The first kappa shape index (κ1) is 6.07. The summed E-state index contributed by atoms with van der Waals surface area (Å²) in [4.78, 5) is 21.3. The van der Waals surface area contributed by atoms with E-state index < -0.39 is 0 Å². The Labute approximate surface area is 53.5 Å². The Morgan fingerprint density at radius 3 is 2.44 bits per heavy atom. The van der Waals surface area contributed by atoms with Crippen LogP contribution in [0, 0.1) is 0 Å². The standard InChI is InChI=1S/C5H6BNO2/c6-1-3-4(8)2-7-5(3)9/h1H,2,6H2,(H,7,9)/b3-1-. The zero-order valence-electron chi connectivity index (χ0n) is 5.10.